The molecule has 0 spiro atoms. The van der Waals surface area contributed by atoms with Gasteiger partial charge in [0.1, 0.15) is 5.02 Å². The second kappa shape index (κ2) is 6.02. The van der Waals surface area contributed by atoms with Gasteiger partial charge in [0, 0.05) is 20.3 Å². The van der Waals surface area contributed by atoms with Crippen LogP contribution in [-0.4, -0.2) is 30.2 Å². The minimum atomic E-state index is -0.334. The van der Waals surface area contributed by atoms with Crippen LogP contribution in [0.1, 0.15) is 20.3 Å². The summed E-state index contributed by atoms with van der Waals surface area (Å²) in [5, 5.41) is 3.18. The molecule has 0 unspecified atom stereocenters. The zero-order valence-corrected chi connectivity index (χ0v) is 11.1. The van der Waals surface area contributed by atoms with E-state index in [-0.39, 0.29) is 16.0 Å². The predicted molar refractivity (Wildman–Crippen MR) is 68.6 cm³/mol. The lowest BCUT2D eigenvalue weighted by Crippen LogP contribution is -2.26. The van der Waals surface area contributed by atoms with Gasteiger partial charge < -0.3 is 15.0 Å². The Hall–Kier alpha value is -1.07. The fourth-order valence-corrected chi connectivity index (χ4v) is 1.47. The maximum absolute atomic E-state index is 11.2. The second-order valence-electron chi connectivity index (χ2n) is 4.65. The first-order chi connectivity index (χ1) is 7.96. The summed E-state index contributed by atoms with van der Waals surface area (Å²) in [5.74, 6) is 0.418. The van der Waals surface area contributed by atoms with Crippen molar-refractivity contribution in [3.63, 3.8) is 0 Å². The van der Waals surface area contributed by atoms with E-state index < -0.39 is 0 Å². The van der Waals surface area contributed by atoms with Crippen molar-refractivity contribution in [2.75, 3.05) is 25.6 Å². The molecular formula is C11H18ClN3O2. The van der Waals surface area contributed by atoms with Gasteiger partial charge in [-0.15, -0.1) is 0 Å². The van der Waals surface area contributed by atoms with E-state index in [1.807, 2.05) is 0 Å². The second-order valence-corrected chi connectivity index (χ2v) is 5.03. The summed E-state index contributed by atoms with van der Waals surface area (Å²) in [4.78, 5) is 17.7. The molecule has 0 radical (unpaired) electrons. The summed E-state index contributed by atoms with van der Waals surface area (Å²) in [6.07, 6.45) is 2.25. The van der Waals surface area contributed by atoms with Gasteiger partial charge in [0.25, 0.3) is 5.56 Å². The average molecular weight is 260 g/mol. The van der Waals surface area contributed by atoms with Gasteiger partial charge in [-0.2, -0.15) is 0 Å². The lowest BCUT2D eigenvalue weighted by molar-refractivity contribution is 0.157. The highest BCUT2D eigenvalue weighted by Crippen LogP contribution is 2.22. The van der Waals surface area contributed by atoms with E-state index in [4.69, 9.17) is 16.3 Å². The van der Waals surface area contributed by atoms with Crippen molar-refractivity contribution in [1.82, 2.24) is 9.97 Å². The van der Waals surface area contributed by atoms with Crippen LogP contribution < -0.4 is 10.9 Å². The minimum absolute atomic E-state index is 0.0453. The molecule has 0 amide bonds. The van der Waals surface area contributed by atoms with Crippen LogP contribution >= 0.6 is 11.6 Å². The maximum Gasteiger partial charge on any atom is 0.271 e. The van der Waals surface area contributed by atoms with Crippen LogP contribution in [0.15, 0.2) is 11.1 Å². The minimum Gasteiger partial charge on any atom is -0.385 e. The summed E-state index contributed by atoms with van der Waals surface area (Å²) in [6, 6.07) is 0. The van der Waals surface area contributed by atoms with Crippen LogP contribution in [0.2, 0.25) is 5.02 Å². The number of ether oxygens (including phenoxy) is 1. The number of anilines is 1. The quantitative estimate of drug-likeness (QED) is 0.819. The fourth-order valence-electron chi connectivity index (χ4n) is 1.30. The molecule has 1 rings (SSSR count). The molecule has 0 aromatic carbocycles. The molecule has 0 aliphatic carbocycles. The van der Waals surface area contributed by atoms with Crippen molar-refractivity contribution < 1.29 is 4.74 Å². The van der Waals surface area contributed by atoms with Gasteiger partial charge >= 0.3 is 0 Å². The van der Waals surface area contributed by atoms with E-state index in [1.54, 1.807) is 7.11 Å². The van der Waals surface area contributed by atoms with Crippen molar-refractivity contribution in [3.05, 3.63) is 21.7 Å². The number of aromatic amines is 1. The molecule has 0 aliphatic rings. The van der Waals surface area contributed by atoms with Crippen molar-refractivity contribution in [3.8, 4) is 0 Å². The van der Waals surface area contributed by atoms with Crippen LogP contribution in [0.25, 0.3) is 0 Å². The van der Waals surface area contributed by atoms with Gasteiger partial charge in [0.15, 0.2) is 5.82 Å². The molecule has 1 aromatic heterocycles. The van der Waals surface area contributed by atoms with Gasteiger partial charge in [-0.1, -0.05) is 25.4 Å². The number of rotatable bonds is 6. The molecule has 0 bridgehead atoms. The van der Waals surface area contributed by atoms with Crippen molar-refractivity contribution in [1.29, 1.82) is 0 Å². The highest BCUT2D eigenvalue weighted by Gasteiger charge is 2.18. The number of hydrogen-bond acceptors (Lipinski definition) is 4. The molecule has 0 aliphatic heterocycles. The third-order valence-corrected chi connectivity index (χ3v) is 2.86. The van der Waals surface area contributed by atoms with Crippen molar-refractivity contribution >= 4 is 17.4 Å². The van der Waals surface area contributed by atoms with E-state index in [9.17, 15) is 4.79 Å². The zero-order chi connectivity index (χ0) is 12.9. The SMILES string of the molecule is COCCC(C)(C)CNc1nc[nH]c(=O)c1Cl. The third-order valence-electron chi connectivity index (χ3n) is 2.51. The van der Waals surface area contributed by atoms with E-state index in [0.29, 0.717) is 19.0 Å². The van der Waals surface area contributed by atoms with Crippen LogP contribution in [0, 0.1) is 5.41 Å². The Bertz CT molecular complexity index is 417. The summed E-state index contributed by atoms with van der Waals surface area (Å²) in [7, 11) is 1.68. The van der Waals surface area contributed by atoms with Gasteiger partial charge in [0.2, 0.25) is 0 Å². The normalized spacial score (nSPS) is 11.5. The third kappa shape index (κ3) is 4.36. The van der Waals surface area contributed by atoms with Crippen LogP contribution in [0.4, 0.5) is 5.82 Å². The molecule has 0 atom stereocenters. The topological polar surface area (TPSA) is 67.0 Å². The number of aromatic nitrogens is 2. The Kier molecular flexibility index (Phi) is 4.96. The Morgan fingerprint density at radius 1 is 1.59 bits per heavy atom. The van der Waals surface area contributed by atoms with Crippen molar-refractivity contribution in [2.24, 2.45) is 5.41 Å². The summed E-state index contributed by atoms with van der Waals surface area (Å²) in [5.41, 5.74) is -0.289. The first-order valence-electron chi connectivity index (χ1n) is 5.42. The maximum atomic E-state index is 11.2. The van der Waals surface area contributed by atoms with Gasteiger partial charge in [0.05, 0.1) is 6.33 Å². The molecule has 1 aromatic rings. The fraction of sp³-hybridized carbons (Fsp3) is 0.636. The molecule has 0 saturated carbocycles. The number of methoxy groups -OCH3 is 1. The highest BCUT2D eigenvalue weighted by atomic mass is 35.5. The van der Waals surface area contributed by atoms with E-state index in [1.165, 1.54) is 6.33 Å². The van der Waals surface area contributed by atoms with E-state index in [2.05, 4.69) is 29.1 Å². The molecular weight excluding hydrogens is 242 g/mol. The number of hydrogen-bond donors (Lipinski definition) is 2. The van der Waals surface area contributed by atoms with Crippen LogP contribution in [-0.2, 0) is 4.74 Å². The average Bonchev–Trinajstić information content (AvgIpc) is 2.29. The van der Waals surface area contributed by atoms with Crippen LogP contribution in [0.3, 0.4) is 0 Å². The molecule has 0 saturated heterocycles. The number of H-pyrrole nitrogens is 1. The van der Waals surface area contributed by atoms with Crippen molar-refractivity contribution in [2.45, 2.75) is 20.3 Å². The largest absolute Gasteiger partial charge is 0.385 e. The predicted octanol–water partition coefficient (Wildman–Crippen LogP) is 1.90. The first-order valence-corrected chi connectivity index (χ1v) is 5.80. The standard InChI is InChI=1S/C11H18ClN3O2/c1-11(2,4-5-17-3)6-13-9-8(12)10(16)15-7-14-9/h7H,4-6H2,1-3H3,(H2,13,14,15,16). The Balaban J connectivity index is 2.61. The molecule has 5 nitrogen and oxygen atoms in total. The molecule has 96 valence electrons. The van der Waals surface area contributed by atoms with Crippen LogP contribution in [0.5, 0.6) is 0 Å². The Labute approximate surface area is 106 Å². The number of nitrogens with one attached hydrogen (secondary N) is 2. The summed E-state index contributed by atoms with van der Waals surface area (Å²) < 4.78 is 5.05. The molecule has 0 fully saturated rings. The van der Waals surface area contributed by atoms with E-state index in [0.717, 1.165) is 6.42 Å². The molecule has 1 heterocycles. The summed E-state index contributed by atoms with van der Waals surface area (Å²) in [6.45, 7) is 5.60. The number of nitrogens with zero attached hydrogens (tertiary/aromatic N) is 1. The van der Waals surface area contributed by atoms with Gasteiger partial charge in [-0.25, -0.2) is 4.98 Å². The Morgan fingerprint density at radius 3 is 2.94 bits per heavy atom. The van der Waals surface area contributed by atoms with Gasteiger partial charge in [-0.3, -0.25) is 4.79 Å². The Morgan fingerprint density at radius 2 is 2.29 bits per heavy atom. The van der Waals surface area contributed by atoms with Gasteiger partial charge in [-0.05, 0) is 11.8 Å². The first kappa shape index (κ1) is 14.0. The molecule has 2 N–H and O–H groups in total. The zero-order valence-electron chi connectivity index (χ0n) is 10.3. The highest BCUT2D eigenvalue weighted by molar-refractivity contribution is 6.32. The monoisotopic (exact) mass is 259 g/mol. The van der Waals surface area contributed by atoms with E-state index >= 15 is 0 Å². The molecule has 6 heteroatoms. The number of halogens is 1. The summed E-state index contributed by atoms with van der Waals surface area (Å²) >= 11 is 5.83. The smallest absolute Gasteiger partial charge is 0.271 e. The molecule has 17 heavy (non-hydrogen) atoms. The lowest BCUT2D eigenvalue weighted by atomic mass is 9.90. The lowest BCUT2D eigenvalue weighted by Gasteiger charge is -2.24.